The Kier molecular flexibility index (Phi) is 3.47. The normalized spacial score (nSPS) is 16.8. The SMILES string of the molecule is O=C(NCC1(O)CCC1)Nc1ccc(F)c(F)c1. The fraction of sp³-hybridized carbons (Fsp3) is 0.417. The third kappa shape index (κ3) is 2.95. The standard InChI is InChI=1S/C12H14F2N2O2/c13-9-3-2-8(6-10(9)14)16-11(17)15-7-12(18)4-1-5-12/h2-3,6,18H,1,4-5,7H2,(H2,15,16,17). The minimum Gasteiger partial charge on any atom is -0.388 e. The maximum atomic E-state index is 12.9. The number of nitrogens with one attached hydrogen (secondary N) is 2. The van der Waals surface area contributed by atoms with E-state index in [0.29, 0.717) is 12.8 Å². The third-order valence-corrected chi connectivity index (χ3v) is 3.04. The highest BCUT2D eigenvalue weighted by Gasteiger charge is 2.34. The summed E-state index contributed by atoms with van der Waals surface area (Å²) in [5.41, 5.74) is -0.655. The van der Waals surface area contributed by atoms with Crippen LogP contribution in [0.5, 0.6) is 0 Å². The minimum absolute atomic E-state index is 0.155. The van der Waals surface area contributed by atoms with Crippen molar-refractivity contribution in [1.82, 2.24) is 5.32 Å². The largest absolute Gasteiger partial charge is 0.388 e. The van der Waals surface area contributed by atoms with Crippen LogP contribution in [-0.4, -0.2) is 23.3 Å². The van der Waals surface area contributed by atoms with E-state index in [0.717, 1.165) is 18.6 Å². The van der Waals surface area contributed by atoms with Crippen LogP contribution in [0.2, 0.25) is 0 Å². The van der Waals surface area contributed by atoms with E-state index in [-0.39, 0.29) is 12.2 Å². The number of halogens is 2. The summed E-state index contributed by atoms with van der Waals surface area (Å²) >= 11 is 0. The molecule has 0 saturated heterocycles. The smallest absolute Gasteiger partial charge is 0.319 e. The lowest BCUT2D eigenvalue weighted by atomic mass is 9.80. The van der Waals surface area contributed by atoms with E-state index in [4.69, 9.17) is 0 Å². The average molecular weight is 256 g/mol. The maximum Gasteiger partial charge on any atom is 0.319 e. The van der Waals surface area contributed by atoms with Gasteiger partial charge in [0.2, 0.25) is 0 Å². The molecule has 1 aliphatic carbocycles. The van der Waals surface area contributed by atoms with E-state index in [9.17, 15) is 18.7 Å². The van der Waals surface area contributed by atoms with Crippen LogP contribution in [0.1, 0.15) is 19.3 Å². The number of urea groups is 1. The summed E-state index contributed by atoms with van der Waals surface area (Å²) in [6.45, 7) is 0.155. The Morgan fingerprint density at radius 1 is 1.33 bits per heavy atom. The third-order valence-electron chi connectivity index (χ3n) is 3.04. The molecule has 3 N–H and O–H groups in total. The summed E-state index contributed by atoms with van der Waals surface area (Å²) in [7, 11) is 0. The molecular formula is C12H14F2N2O2. The van der Waals surface area contributed by atoms with E-state index in [1.54, 1.807) is 0 Å². The van der Waals surface area contributed by atoms with Crippen molar-refractivity contribution in [3.63, 3.8) is 0 Å². The highest BCUT2D eigenvalue weighted by Crippen LogP contribution is 2.30. The molecule has 0 aromatic heterocycles. The second-order valence-corrected chi connectivity index (χ2v) is 4.51. The van der Waals surface area contributed by atoms with Gasteiger partial charge in [-0.1, -0.05) is 0 Å². The van der Waals surface area contributed by atoms with Gasteiger partial charge in [-0.3, -0.25) is 0 Å². The van der Waals surface area contributed by atoms with Crippen molar-refractivity contribution in [1.29, 1.82) is 0 Å². The summed E-state index contributed by atoms with van der Waals surface area (Å²) in [6.07, 6.45) is 2.28. The molecule has 1 fully saturated rings. The molecule has 2 amide bonds. The van der Waals surface area contributed by atoms with Crippen LogP contribution in [0.4, 0.5) is 19.3 Å². The van der Waals surface area contributed by atoms with Gasteiger partial charge >= 0.3 is 6.03 Å². The molecule has 1 aliphatic rings. The summed E-state index contributed by atoms with van der Waals surface area (Å²) in [5, 5.41) is 14.6. The molecule has 2 rings (SSSR count). The molecule has 0 radical (unpaired) electrons. The van der Waals surface area contributed by atoms with Gasteiger partial charge in [0, 0.05) is 18.3 Å². The predicted octanol–water partition coefficient (Wildman–Crippen LogP) is 2.00. The van der Waals surface area contributed by atoms with E-state index in [1.165, 1.54) is 6.07 Å². The molecule has 0 spiro atoms. The lowest BCUT2D eigenvalue weighted by molar-refractivity contribution is -0.0287. The number of hydrogen-bond acceptors (Lipinski definition) is 2. The van der Waals surface area contributed by atoms with E-state index in [1.807, 2.05) is 0 Å². The molecule has 0 aliphatic heterocycles. The van der Waals surface area contributed by atoms with Crippen LogP contribution >= 0.6 is 0 Å². The second-order valence-electron chi connectivity index (χ2n) is 4.51. The predicted molar refractivity (Wildman–Crippen MR) is 62.2 cm³/mol. The molecule has 0 heterocycles. The molecule has 1 aromatic rings. The van der Waals surface area contributed by atoms with Crippen LogP contribution in [-0.2, 0) is 0 Å². The van der Waals surface area contributed by atoms with Crippen molar-refractivity contribution in [2.24, 2.45) is 0 Å². The highest BCUT2D eigenvalue weighted by molar-refractivity contribution is 5.89. The number of amides is 2. The van der Waals surface area contributed by atoms with Crippen molar-refractivity contribution in [3.8, 4) is 0 Å². The summed E-state index contributed by atoms with van der Waals surface area (Å²) in [5.74, 6) is -1.99. The quantitative estimate of drug-likeness (QED) is 0.774. The molecule has 1 saturated carbocycles. The van der Waals surface area contributed by atoms with Gasteiger partial charge in [-0.25, -0.2) is 13.6 Å². The maximum absolute atomic E-state index is 12.9. The lowest BCUT2D eigenvalue weighted by Gasteiger charge is -2.36. The van der Waals surface area contributed by atoms with Gasteiger partial charge in [0.15, 0.2) is 11.6 Å². The Hall–Kier alpha value is -1.69. The first kappa shape index (κ1) is 12.8. The Morgan fingerprint density at radius 3 is 2.61 bits per heavy atom. The fourth-order valence-electron chi connectivity index (χ4n) is 1.76. The lowest BCUT2D eigenvalue weighted by Crippen LogP contribution is -2.48. The number of benzene rings is 1. The van der Waals surface area contributed by atoms with Crippen LogP contribution < -0.4 is 10.6 Å². The van der Waals surface area contributed by atoms with Crippen LogP contribution in [0.25, 0.3) is 0 Å². The zero-order valence-corrected chi connectivity index (χ0v) is 9.67. The van der Waals surface area contributed by atoms with Gasteiger partial charge in [-0.2, -0.15) is 0 Å². The van der Waals surface area contributed by atoms with Crippen molar-refractivity contribution >= 4 is 11.7 Å². The number of carbonyl (C=O) groups excluding carboxylic acids is 1. The molecule has 1 aromatic carbocycles. The second kappa shape index (κ2) is 4.89. The van der Waals surface area contributed by atoms with Crippen molar-refractivity contribution < 1.29 is 18.7 Å². The summed E-state index contributed by atoms with van der Waals surface area (Å²) in [6, 6.07) is 2.54. The zero-order valence-electron chi connectivity index (χ0n) is 9.67. The Morgan fingerprint density at radius 2 is 2.06 bits per heavy atom. The van der Waals surface area contributed by atoms with Gasteiger partial charge in [0.25, 0.3) is 0 Å². The van der Waals surface area contributed by atoms with Crippen LogP contribution in [0, 0.1) is 11.6 Å². The van der Waals surface area contributed by atoms with Crippen LogP contribution in [0.3, 0.4) is 0 Å². The first-order chi connectivity index (χ1) is 8.48. The van der Waals surface area contributed by atoms with E-state index in [2.05, 4.69) is 10.6 Å². The number of carbonyl (C=O) groups is 1. The number of hydrogen-bond donors (Lipinski definition) is 3. The van der Waals surface area contributed by atoms with Crippen molar-refractivity contribution in [2.45, 2.75) is 24.9 Å². The van der Waals surface area contributed by atoms with E-state index >= 15 is 0 Å². The molecule has 98 valence electrons. The molecule has 18 heavy (non-hydrogen) atoms. The average Bonchev–Trinajstić information content (AvgIpc) is 2.29. The van der Waals surface area contributed by atoms with Crippen molar-refractivity contribution in [3.05, 3.63) is 29.8 Å². The van der Waals surface area contributed by atoms with Crippen LogP contribution in [0.15, 0.2) is 18.2 Å². The number of anilines is 1. The monoisotopic (exact) mass is 256 g/mol. The Balaban J connectivity index is 1.85. The van der Waals surface area contributed by atoms with Gasteiger partial charge in [0.1, 0.15) is 0 Å². The van der Waals surface area contributed by atoms with Gasteiger partial charge in [-0.15, -0.1) is 0 Å². The summed E-state index contributed by atoms with van der Waals surface area (Å²) < 4.78 is 25.5. The van der Waals surface area contributed by atoms with Gasteiger partial charge < -0.3 is 15.7 Å². The molecular weight excluding hydrogens is 242 g/mol. The number of aliphatic hydroxyl groups is 1. The zero-order chi connectivity index (χ0) is 13.2. The van der Waals surface area contributed by atoms with Gasteiger partial charge in [-0.05, 0) is 31.4 Å². The Labute approximate surface area is 103 Å². The molecule has 4 nitrogen and oxygen atoms in total. The first-order valence-corrected chi connectivity index (χ1v) is 5.71. The van der Waals surface area contributed by atoms with Gasteiger partial charge in [0.05, 0.1) is 5.60 Å². The minimum atomic E-state index is -1.02. The molecule has 0 atom stereocenters. The highest BCUT2D eigenvalue weighted by atomic mass is 19.2. The first-order valence-electron chi connectivity index (χ1n) is 5.71. The Bertz CT molecular complexity index is 461. The summed E-state index contributed by atoms with van der Waals surface area (Å²) in [4.78, 5) is 11.4. The fourth-order valence-corrected chi connectivity index (χ4v) is 1.76. The molecule has 6 heteroatoms. The molecule has 0 bridgehead atoms. The van der Waals surface area contributed by atoms with E-state index < -0.39 is 23.3 Å². The molecule has 0 unspecified atom stereocenters. The topological polar surface area (TPSA) is 61.4 Å². The number of rotatable bonds is 3. The van der Waals surface area contributed by atoms with Crippen molar-refractivity contribution in [2.75, 3.05) is 11.9 Å².